The Kier molecular flexibility index (Phi) is 11.1. The topological polar surface area (TPSA) is 55.4 Å². The highest BCUT2D eigenvalue weighted by Gasteiger charge is 2.16. The molecule has 31 heavy (non-hydrogen) atoms. The number of nitrogens with one attached hydrogen (secondary N) is 2. The van der Waals surface area contributed by atoms with Crippen LogP contribution in [0.25, 0.3) is 0 Å². The smallest absolute Gasteiger partial charge is 0.191 e. The molecule has 174 valence electrons. The van der Waals surface area contributed by atoms with Crippen LogP contribution in [0.1, 0.15) is 25.3 Å². The van der Waals surface area contributed by atoms with Gasteiger partial charge in [0.15, 0.2) is 5.96 Å². The third kappa shape index (κ3) is 9.56. The summed E-state index contributed by atoms with van der Waals surface area (Å²) < 4.78 is 5.41. The zero-order valence-corrected chi connectivity index (χ0v) is 19.4. The number of guanidine groups is 1. The van der Waals surface area contributed by atoms with Crippen molar-refractivity contribution in [3.8, 4) is 0 Å². The number of unbranched alkanes of at least 4 members (excludes halogenated alkanes) is 1. The molecule has 0 aromatic heterocycles. The maximum absolute atomic E-state index is 5.41. The summed E-state index contributed by atoms with van der Waals surface area (Å²) in [6.07, 6.45) is 2.36. The van der Waals surface area contributed by atoms with Crippen molar-refractivity contribution < 1.29 is 4.74 Å². The number of ether oxygens (including phenoxy) is 1. The Morgan fingerprint density at radius 3 is 2.32 bits per heavy atom. The summed E-state index contributed by atoms with van der Waals surface area (Å²) in [5.41, 5.74) is 1.42. The van der Waals surface area contributed by atoms with Crippen LogP contribution < -0.4 is 10.6 Å². The summed E-state index contributed by atoms with van der Waals surface area (Å²) in [5, 5.41) is 6.84. The van der Waals surface area contributed by atoms with Crippen LogP contribution >= 0.6 is 0 Å². The first-order chi connectivity index (χ1) is 15.3. The molecule has 0 saturated carbocycles. The highest BCUT2D eigenvalue weighted by atomic mass is 16.5. The molecule has 0 amide bonds. The maximum atomic E-state index is 5.41. The van der Waals surface area contributed by atoms with Gasteiger partial charge in [0.1, 0.15) is 0 Å². The number of benzene rings is 1. The van der Waals surface area contributed by atoms with E-state index in [0.29, 0.717) is 0 Å². The third-order valence-electron chi connectivity index (χ3n) is 6.03. The Balaban J connectivity index is 1.24. The summed E-state index contributed by atoms with van der Waals surface area (Å²) in [7, 11) is 0. The second-order valence-electron chi connectivity index (χ2n) is 8.45. The van der Waals surface area contributed by atoms with Crippen LogP contribution in [-0.2, 0) is 11.3 Å². The molecule has 0 aliphatic carbocycles. The lowest BCUT2D eigenvalue weighted by Gasteiger charge is -2.34. The molecule has 2 heterocycles. The van der Waals surface area contributed by atoms with Gasteiger partial charge in [-0.25, -0.2) is 0 Å². The molecule has 2 aliphatic heterocycles. The molecule has 0 bridgehead atoms. The first-order valence-corrected chi connectivity index (χ1v) is 12.1. The number of morpholine rings is 1. The van der Waals surface area contributed by atoms with Gasteiger partial charge < -0.3 is 20.3 Å². The lowest BCUT2D eigenvalue weighted by atomic mass is 10.2. The van der Waals surface area contributed by atoms with E-state index in [1.54, 1.807) is 0 Å². The molecular weight excluding hydrogens is 388 g/mol. The van der Waals surface area contributed by atoms with Crippen LogP contribution in [0.3, 0.4) is 0 Å². The fourth-order valence-corrected chi connectivity index (χ4v) is 4.15. The predicted octanol–water partition coefficient (Wildman–Crippen LogP) is 1.47. The van der Waals surface area contributed by atoms with Gasteiger partial charge in [0.05, 0.1) is 13.2 Å². The summed E-state index contributed by atoms with van der Waals surface area (Å²) in [6, 6.07) is 10.8. The van der Waals surface area contributed by atoms with E-state index >= 15 is 0 Å². The Morgan fingerprint density at radius 1 is 0.871 bits per heavy atom. The van der Waals surface area contributed by atoms with Crippen LogP contribution in [0.2, 0.25) is 0 Å². The van der Waals surface area contributed by atoms with E-state index in [9.17, 15) is 0 Å². The minimum absolute atomic E-state index is 0.857. The third-order valence-corrected chi connectivity index (χ3v) is 6.03. The fraction of sp³-hybridized carbons (Fsp3) is 0.708. The molecule has 0 unspecified atom stereocenters. The number of aliphatic imine (C=N–C) groups is 1. The van der Waals surface area contributed by atoms with Crippen molar-refractivity contribution in [3.05, 3.63) is 35.9 Å². The van der Waals surface area contributed by atoms with Gasteiger partial charge in [-0.1, -0.05) is 30.3 Å². The molecule has 1 aromatic carbocycles. The minimum atomic E-state index is 0.857. The molecule has 7 nitrogen and oxygen atoms in total. The summed E-state index contributed by atoms with van der Waals surface area (Å²) >= 11 is 0. The summed E-state index contributed by atoms with van der Waals surface area (Å²) in [5.74, 6) is 0.949. The van der Waals surface area contributed by atoms with E-state index in [-0.39, 0.29) is 0 Å². The van der Waals surface area contributed by atoms with Crippen LogP contribution in [0, 0.1) is 0 Å². The van der Waals surface area contributed by atoms with Gasteiger partial charge in [0, 0.05) is 72.0 Å². The standard InChI is InChI=1S/C24H42N6O/c1-2-25-24(27-11-13-29-18-20-31-21-19-29)26-10-6-7-12-28-14-16-30(17-15-28)22-23-8-4-3-5-9-23/h3-5,8-9H,2,6-7,10-22H2,1H3,(H2,25,26,27). The largest absolute Gasteiger partial charge is 0.379 e. The number of nitrogens with zero attached hydrogens (tertiary/aromatic N) is 4. The van der Waals surface area contributed by atoms with E-state index in [2.05, 4.69) is 62.6 Å². The number of hydrogen-bond donors (Lipinski definition) is 2. The number of piperazine rings is 1. The Bertz CT molecular complexity index is 612. The average molecular weight is 431 g/mol. The molecule has 1 aromatic rings. The zero-order chi connectivity index (χ0) is 21.6. The number of hydrogen-bond acceptors (Lipinski definition) is 5. The van der Waals surface area contributed by atoms with E-state index in [4.69, 9.17) is 9.73 Å². The second-order valence-corrected chi connectivity index (χ2v) is 8.45. The van der Waals surface area contributed by atoms with Crippen LogP contribution in [0.5, 0.6) is 0 Å². The lowest BCUT2D eigenvalue weighted by molar-refractivity contribution is 0.0389. The van der Waals surface area contributed by atoms with Gasteiger partial charge in [-0.3, -0.25) is 14.8 Å². The van der Waals surface area contributed by atoms with E-state index in [1.165, 1.54) is 44.7 Å². The Labute approximate surface area is 188 Å². The fourth-order valence-electron chi connectivity index (χ4n) is 4.15. The van der Waals surface area contributed by atoms with Crippen molar-refractivity contribution in [2.75, 3.05) is 85.2 Å². The highest BCUT2D eigenvalue weighted by Crippen LogP contribution is 2.09. The normalized spacial score (nSPS) is 19.5. The second kappa shape index (κ2) is 14.4. The molecule has 2 aliphatic rings. The van der Waals surface area contributed by atoms with Gasteiger partial charge in [0.25, 0.3) is 0 Å². The molecule has 3 rings (SSSR count). The molecule has 0 atom stereocenters. The van der Waals surface area contributed by atoms with Crippen molar-refractivity contribution in [2.45, 2.75) is 26.3 Å². The molecule has 7 heteroatoms. The van der Waals surface area contributed by atoms with E-state index in [0.717, 1.165) is 71.4 Å². The van der Waals surface area contributed by atoms with Crippen LogP contribution in [0.15, 0.2) is 35.3 Å². The van der Waals surface area contributed by atoms with Gasteiger partial charge in [-0.15, -0.1) is 0 Å². The van der Waals surface area contributed by atoms with Crippen molar-refractivity contribution in [3.63, 3.8) is 0 Å². The van der Waals surface area contributed by atoms with Gasteiger partial charge in [-0.2, -0.15) is 0 Å². The molecule has 0 radical (unpaired) electrons. The molecule has 2 N–H and O–H groups in total. The summed E-state index contributed by atoms with van der Waals surface area (Å²) in [6.45, 7) is 16.7. The van der Waals surface area contributed by atoms with Gasteiger partial charge >= 0.3 is 0 Å². The van der Waals surface area contributed by atoms with E-state index < -0.39 is 0 Å². The maximum Gasteiger partial charge on any atom is 0.191 e. The first kappa shape index (κ1) is 24.0. The Hall–Kier alpha value is -1.67. The van der Waals surface area contributed by atoms with Gasteiger partial charge in [-0.05, 0) is 31.9 Å². The quantitative estimate of drug-likeness (QED) is 0.315. The van der Waals surface area contributed by atoms with Crippen LogP contribution in [-0.4, -0.2) is 106 Å². The molecule has 2 saturated heterocycles. The van der Waals surface area contributed by atoms with E-state index in [1.807, 2.05) is 0 Å². The monoisotopic (exact) mass is 430 g/mol. The highest BCUT2D eigenvalue weighted by molar-refractivity contribution is 5.79. The molecule has 0 spiro atoms. The molecular formula is C24H42N6O. The summed E-state index contributed by atoms with van der Waals surface area (Å²) in [4.78, 5) is 12.4. The molecule has 2 fully saturated rings. The van der Waals surface area contributed by atoms with Gasteiger partial charge in [0.2, 0.25) is 0 Å². The lowest BCUT2D eigenvalue weighted by Crippen LogP contribution is -2.46. The van der Waals surface area contributed by atoms with Crippen molar-refractivity contribution in [1.29, 1.82) is 0 Å². The SMILES string of the molecule is CCNC(=NCCCCN1CCN(Cc2ccccc2)CC1)NCCN1CCOCC1. The van der Waals surface area contributed by atoms with Crippen molar-refractivity contribution >= 4 is 5.96 Å². The Morgan fingerprint density at radius 2 is 1.58 bits per heavy atom. The van der Waals surface area contributed by atoms with Crippen molar-refractivity contribution in [1.82, 2.24) is 25.3 Å². The van der Waals surface area contributed by atoms with Crippen LogP contribution in [0.4, 0.5) is 0 Å². The minimum Gasteiger partial charge on any atom is -0.379 e. The average Bonchev–Trinajstić information content (AvgIpc) is 2.81. The predicted molar refractivity (Wildman–Crippen MR) is 129 cm³/mol. The zero-order valence-electron chi connectivity index (χ0n) is 19.4. The first-order valence-electron chi connectivity index (χ1n) is 12.1. The van der Waals surface area contributed by atoms with Crippen molar-refractivity contribution in [2.24, 2.45) is 4.99 Å². The number of rotatable bonds is 11.